The molecule has 1 saturated heterocycles. The summed E-state index contributed by atoms with van der Waals surface area (Å²) >= 11 is 1.86. The highest BCUT2D eigenvalue weighted by atomic mass is 32.1. The number of anilines is 1. The van der Waals surface area contributed by atoms with Crippen molar-refractivity contribution in [3.8, 4) is 0 Å². The normalized spacial score (nSPS) is 27.3. The fourth-order valence-corrected chi connectivity index (χ4v) is 4.93. The van der Waals surface area contributed by atoms with Crippen LogP contribution in [0.15, 0.2) is 0 Å². The summed E-state index contributed by atoms with van der Waals surface area (Å²) in [6, 6.07) is 0.231. The second-order valence-electron chi connectivity index (χ2n) is 7.79. The largest absolute Gasteiger partial charge is 0.348 e. The maximum absolute atomic E-state index is 6.25. The van der Waals surface area contributed by atoms with Crippen LogP contribution in [0.25, 0.3) is 0 Å². The van der Waals surface area contributed by atoms with Gasteiger partial charge in [0.15, 0.2) is 5.13 Å². The van der Waals surface area contributed by atoms with Crippen molar-refractivity contribution in [2.45, 2.75) is 65.3 Å². The highest BCUT2D eigenvalue weighted by Crippen LogP contribution is 2.39. The first-order valence-corrected chi connectivity index (χ1v) is 9.27. The lowest BCUT2D eigenvalue weighted by Crippen LogP contribution is -2.26. The topological polar surface area (TPSA) is 42.2 Å². The van der Waals surface area contributed by atoms with E-state index in [1.165, 1.54) is 41.4 Å². The summed E-state index contributed by atoms with van der Waals surface area (Å²) in [5.74, 6) is 0.833. The minimum absolute atomic E-state index is 0.231. The van der Waals surface area contributed by atoms with E-state index in [-0.39, 0.29) is 6.04 Å². The number of nitrogens with zero attached hydrogens (tertiary/aromatic N) is 2. The van der Waals surface area contributed by atoms with E-state index >= 15 is 0 Å². The lowest BCUT2D eigenvalue weighted by molar-refractivity contribution is 0.220. The molecule has 0 spiro atoms. The van der Waals surface area contributed by atoms with Gasteiger partial charge in [-0.3, -0.25) is 0 Å². The van der Waals surface area contributed by atoms with Gasteiger partial charge in [-0.2, -0.15) is 0 Å². The van der Waals surface area contributed by atoms with Gasteiger partial charge in [0.25, 0.3) is 0 Å². The summed E-state index contributed by atoms with van der Waals surface area (Å²) in [6.45, 7) is 9.47. The van der Waals surface area contributed by atoms with Crippen LogP contribution in [0.4, 0.5) is 5.13 Å². The maximum Gasteiger partial charge on any atom is 0.185 e. The molecule has 1 aromatic heterocycles. The number of thiazole rings is 1. The second-order valence-corrected chi connectivity index (χ2v) is 8.80. The number of fused-ring (bicyclic) bond motifs is 1. The number of aromatic nitrogens is 1. The monoisotopic (exact) mass is 307 g/mol. The molecule has 2 heterocycles. The zero-order valence-electron chi connectivity index (χ0n) is 13.7. The van der Waals surface area contributed by atoms with Crippen molar-refractivity contribution in [2.24, 2.45) is 17.1 Å². The van der Waals surface area contributed by atoms with E-state index in [0.29, 0.717) is 5.41 Å². The first kappa shape index (κ1) is 15.3. The molecule has 1 aromatic rings. The molecule has 2 unspecified atom stereocenters. The van der Waals surface area contributed by atoms with E-state index in [9.17, 15) is 0 Å². The third-order valence-electron chi connectivity index (χ3n) is 5.21. The van der Waals surface area contributed by atoms with Crippen LogP contribution >= 0.6 is 11.3 Å². The zero-order chi connectivity index (χ0) is 15.0. The quantitative estimate of drug-likeness (QED) is 0.848. The Labute approximate surface area is 132 Å². The lowest BCUT2D eigenvalue weighted by atomic mass is 9.77. The van der Waals surface area contributed by atoms with Crippen LogP contribution < -0.4 is 10.6 Å². The van der Waals surface area contributed by atoms with Gasteiger partial charge >= 0.3 is 0 Å². The summed E-state index contributed by atoms with van der Waals surface area (Å²) in [5, 5.41) is 1.23. The minimum Gasteiger partial charge on any atom is -0.348 e. The number of rotatable bonds is 1. The van der Waals surface area contributed by atoms with Crippen molar-refractivity contribution < 1.29 is 0 Å². The summed E-state index contributed by atoms with van der Waals surface area (Å²) < 4.78 is 0. The van der Waals surface area contributed by atoms with E-state index in [0.717, 1.165) is 31.8 Å². The first-order valence-electron chi connectivity index (χ1n) is 8.45. The Hall–Kier alpha value is -0.610. The third-order valence-corrected chi connectivity index (χ3v) is 6.50. The third kappa shape index (κ3) is 3.26. The first-order chi connectivity index (χ1) is 9.95. The van der Waals surface area contributed by atoms with Gasteiger partial charge < -0.3 is 10.6 Å². The van der Waals surface area contributed by atoms with Crippen LogP contribution in [0.2, 0.25) is 0 Å². The van der Waals surface area contributed by atoms with Gasteiger partial charge in [-0.15, -0.1) is 0 Å². The van der Waals surface area contributed by atoms with Crippen LogP contribution in [0.5, 0.6) is 0 Å². The SMILES string of the molecule is CC(C)(C)C1CCCN(c2nc3c(s2)C(N)CCC3)CC1. The highest BCUT2D eigenvalue weighted by molar-refractivity contribution is 7.15. The molecular formula is C17H29N3S. The van der Waals surface area contributed by atoms with Crippen molar-refractivity contribution in [2.75, 3.05) is 18.0 Å². The van der Waals surface area contributed by atoms with Gasteiger partial charge in [-0.05, 0) is 49.9 Å². The van der Waals surface area contributed by atoms with E-state index in [4.69, 9.17) is 10.7 Å². The van der Waals surface area contributed by atoms with Gasteiger partial charge in [0.1, 0.15) is 0 Å². The van der Waals surface area contributed by atoms with E-state index in [1.807, 2.05) is 11.3 Å². The number of hydrogen-bond acceptors (Lipinski definition) is 4. The fourth-order valence-electron chi connectivity index (χ4n) is 3.73. The van der Waals surface area contributed by atoms with Crippen LogP contribution in [0.3, 0.4) is 0 Å². The summed E-state index contributed by atoms with van der Waals surface area (Å²) in [7, 11) is 0. The van der Waals surface area contributed by atoms with Gasteiger partial charge in [-0.1, -0.05) is 32.1 Å². The Bertz CT molecular complexity index is 489. The van der Waals surface area contributed by atoms with Gasteiger partial charge in [0, 0.05) is 24.0 Å². The molecule has 21 heavy (non-hydrogen) atoms. The lowest BCUT2D eigenvalue weighted by Gasteiger charge is -2.29. The van der Waals surface area contributed by atoms with Gasteiger partial charge in [0.2, 0.25) is 0 Å². The molecule has 118 valence electrons. The predicted octanol–water partition coefficient (Wildman–Crippen LogP) is 4.13. The molecule has 3 rings (SSSR count). The van der Waals surface area contributed by atoms with E-state index < -0.39 is 0 Å². The smallest absolute Gasteiger partial charge is 0.185 e. The van der Waals surface area contributed by atoms with Gasteiger partial charge in [0.05, 0.1) is 5.69 Å². The molecule has 1 aliphatic carbocycles. The van der Waals surface area contributed by atoms with Crippen molar-refractivity contribution >= 4 is 16.5 Å². The number of hydrogen-bond donors (Lipinski definition) is 1. The molecule has 4 heteroatoms. The Morgan fingerprint density at radius 1 is 1.14 bits per heavy atom. The Morgan fingerprint density at radius 2 is 1.95 bits per heavy atom. The average molecular weight is 308 g/mol. The van der Waals surface area contributed by atoms with Crippen molar-refractivity contribution in [1.82, 2.24) is 4.98 Å². The summed E-state index contributed by atoms with van der Waals surface area (Å²) in [4.78, 5) is 8.79. The Balaban J connectivity index is 1.73. The standard InChI is InChI=1S/C17H29N3S/c1-17(2,3)12-6-5-10-20(11-9-12)16-19-14-8-4-7-13(18)15(14)21-16/h12-13H,4-11,18H2,1-3H3. The van der Waals surface area contributed by atoms with Crippen molar-refractivity contribution in [3.05, 3.63) is 10.6 Å². The number of aryl methyl sites for hydroxylation is 1. The van der Waals surface area contributed by atoms with Crippen molar-refractivity contribution in [3.63, 3.8) is 0 Å². The van der Waals surface area contributed by atoms with Crippen LogP contribution in [0.1, 0.15) is 69.5 Å². The van der Waals surface area contributed by atoms with Crippen LogP contribution in [-0.2, 0) is 6.42 Å². The van der Waals surface area contributed by atoms with Gasteiger partial charge in [-0.25, -0.2) is 4.98 Å². The molecule has 0 radical (unpaired) electrons. The van der Waals surface area contributed by atoms with Crippen molar-refractivity contribution in [1.29, 1.82) is 0 Å². The van der Waals surface area contributed by atoms with E-state index in [1.54, 1.807) is 0 Å². The molecule has 2 aliphatic rings. The molecule has 2 atom stereocenters. The average Bonchev–Trinajstić information content (AvgIpc) is 2.68. The van der Waals surface area contributed by atoms with E-state index in [2.05, 4.69) is 25.7 Å². The molecule has 0 saturated carbocycles. The Morgan fingerprint density at radius 3 is 2.67 bits per heavy atom. The minimum atomic E-state index is 0.231. The molecule has 1 fully saturated rings. The molecule has 0 amide bonds. The number of nitrogens with two attached hydrogens (primary N) is 1. The second kappa shape index (κ2) is 5.88. The zero-order valence-corrected chi connectivity index (χ0v) is 14.5. The highest BCUT2D eigenvalue weighted by Gasteiger charge is 2.29. The van der Waals surface area contributed by atoms with Crippen LogP contribution in [-0.4, -0.2) is 18.1 Å². The molecular weight excluding hydrogens is 278 g/mol. The molecule has 2 N–H and O–H groups in total. The Kier molecular flexibility index (Phi) is 4.28. The fraction of sp³-hybridized carbons (Fsp3) is 0.824. The predicted molar refractivity (Wildman–Crippen MR) is 91.0 cm³/mol. The van der Waals surface area contributed by atoms with Crippen LogP contribution in [0, 0.1) is 11.3 Å². The summed E-state index contributed by atoms with van der Waals surface area (Å²) in [6.07, 6.45) is 7.38. The molecule has 0 bridgehead atoms. The molecule has 0 aromatic carbocycles. The summed E-state index contributed by atoms with van der Waals surface area (Å²) in [5.41, 5.74) is 7.96. The maximum atomic E-state index is 6.25. The molecule has 1 aliphatic heterocycles. The molecule has 3 nitrogen and oxygen atoms in total.